The average molecular weight is 563 g/mol. The second-order valence-corrected chi connectivity index (χ2v) is 10.3. The van der Waals surface area contributed by atoms with Crippen LogP contribution in [0.2, 0.25) is 0 Å². The lowest BCUT2D eigenvalue weighted by atomic mass is 10.1. The van der Waals surface area contributed by atoms with E-state index in [4.69, 9.17) is 4.74 Å². The molecule has 11 heteroatoms. The van der Waals surface area contributed by atoms with E-state index in [0.717, 1.165) is 0 Å². The van der Waals surface area contributed by atoms with Crippen LogP contribution in [-0.4, -0.2) is 51.9 Å². The van der Waals surface area contributed by atoms with Gasteiger partial charge in [-0.1, -0.05) is 28.1 Å². The number of carbonyl (C=O) groups is 1. The van der Waals surface area contributed by atoms with Crippen molar-refractivity contribution in [1.29, 1.82) is 0 Å². The van der Waals surface area contributed by atoms with Crippen LogP contribution in [0.4, 0.5) is 10.5 Å². The molecule has 0 saturated carbocycles. The first-order valence-corrected chi connectivity index (χ1v) is 12.1. The number of hydrogen-bond donors (Lipinski definition) is 3. The van der Waals surface area contributed by atoms with Gasteiger partial charge >= 0.3 is 6.09 Å². The molecule has 2 aromatic rings. The van der Waals surface area contributed by atoms with Crippen molar-refractivity contribution in [2.45, 2.75) is 23.4 Å². The Hall–Kier alpha value is -1.66. The summed E-state index contributed by atoms with van der Waals surface area (Å²) < 4.78 is 34.7. The Labute approximate surface area is 191 Å². The minimum absolute atomic E-state index is 0.140. The van der Waals surface area contributed by atoms with Crippen LogP contribution in [0.25, 0.3) is 0 Å². The Bertz CT molecular complexity index is 1030. The normalized spacial score (nSPS) is 18.9. The van der Waals surface area contributed by atoms with Crippen LogP contribution in [0.15, 0.2) is 56.3 Å². The Morgan fingerprint density at radius 1 is 1.30 bits per heavy atom. The lowest BCUT2D eigenvalue weighted by Gasteiger charge is -2.24. The largest absolute Gasteiger partial charge is 0.495 e. The number of ether oxygens (including phenoxy) is 1. The molecule has 1 heterocycles. The van der Waals surface area contributed by atoms with Gasteiger partial charge in [0.05, 0.1) is 17.7 Å². The maximum atomic E-state index is 12.8. The van der Waals surface area contributed by atoms with Crippen molar-refractivity contribution < 1.29 is 23.1 Å². The molecule has 8 nitrogen and oxygen atoms in total. The third-order valence-corrected chi connectivity index (χ3v) is 7.74. The first-order valence-electron chi connectivity index (χ1n) is 9.05. The maximum Gasteiger partial charge on any atom is 0.411 e. The van der Waals surface area contributed by atoms with E-state index in [-0.39, 0.29) is 23.5 Å². The van der Waals surface area contributed by atoms with Crippen LogP contribution in [0.1, 0.15) is 6.42 Å². The van der Waals surface area contributed by atoms with Gasteiger partial charge < -0.3 is 15.2 Å². The molecular formula is C19H21Br2N3O5S. The van der Waals surface area contributed by atoms with Crippen molar-refractivity contribution in [3.05, 3.63) is 51.4 Å². The number of methoxy groups -OCH3 is 1. The van der Waals surface area contributed by atoms with Gasteiger partial charge in [0.25, 0.3) is 0 Å². The minimum Gasteiger partial charge on any atom is -0.495 e. The molecule has 1 aliphatic heterocycles. The first-order chi connectivity index (χ1) is 14.2. The average Bonchev–Trinajstić information content (AvgIpc) is 3.14. The van der Waals surface area contributed by atoms with Crippen LogP contribution < -0.4 is 19.7 Å². The number of nitrogens with zero attached hydrogens (tertiary/aromatic N) is 1. The number of para-hydroxylation sites is 2. The highest BCUT2D eigenvalue weighted by molar-refractivity contribution is 9.11. The van der Waals surface area contributed by atoms with Crippen LogP contribution in [-0.2, 0) is 10.0 Å². The number of benzene rings is 2. The van der Waals surface area contributed by atoms with E-state index in [1.807, 2.05) is 0 Å². The highest BCUT2D eigenvalue weighted by Gasteiger charge is 2.32. The number of anilines is 1. The number of amides is 1. The highest BCUT2D eigenvalue weighted by Crippen LogP contribution is 2.29. The summed E-state index contributed by atoms with van der Waals surface area (Å²) >= 11 is 6.57. The second kappa shape index (κ2) is 9.65. The number of rotatable bonds is 7. The van der Waals surface area contributed by atoms with Crippen molar-refractivity contribution in [1.82, 2.24) is 10.0 Å². The SMILES string of the molecule is COc1ccccc1N(C[C@H]1C[C@@H](NS(=O)(=O)c2cc(Br)ccc2Br)CN1)C(=O)O. The Kier molecular flexibility index (Phi) is 7.40. The number of nitrogens with one attached hydrogen (secondary N) is 2. The lowest BCUT2D eigenvalue weighted by Crippen LogP contribution is -2.40. The van der Waals surface area contributed by atoms with Gasteiger partial charge in [0, 0.05) is 34.1 Å². The van der Waals surface area contributed by atoms with Gasteiger partial charge in [-0.3, -0.25) is 4.90 Å². The van der Waals surface area contributed by atoms with E-state index in [1.54, 1.807) is 36.4 Å². The molecule has 0 radical (unpaired) electrons. The van der Waals surface area contributed by atoms with Crippen LogP contribution in [0.5, 0.6) is 5.75 Å². The summed E-state index contributed by atoms with van der Waals surface area (Å²) in [6.45, 7) is 0.559. The van der Waals surface area contributed by atoms with Gasteiger partial charge in [0.2, 0.25) is 10.0 Å². The molecule has 3 N–H and O–H groups in total. The molecule has 3 rings (SSSR count). The van der Waals surface area contributed by atoms with Gasteiger partial charge in [0.15, 0.2) is 0 Å². The van der Waals surface area contributed by atoms with Gasteiger partial charge in [-0.25, -0.2) is 17.9 Å². The summed E-state index contributed by atoms with van der Waals surface area (Å²) in [5.41, 5.74) is 0.441. The van der Waals surface area contributed by atoms with Crippen LogP contribution in [0, 0.1) is 0 Å². The lowest BCUT2D eigenvalue weighted by molar-refractivity contribution is 0.200. The summed E-state index contributed by atoms with van der Waals surface area (Å²) in [5.74, 6) is 0.453. The zero-order chi connectivity index (χ0) is 21.9. The summed E-state index contributed by atoms with van der Waals surface area (Å²) in [7, 11) is -2.26. The van der Waals surface area contributed by atoms with Crippen molar-refractivity contribution in [2.24, 2.45) is 0 Å². The molecule has 0 unspecified atom stereocenters. The Morgan fingerprint density at radius 3 is 2.73 bits per heavy atom. The quantitative estimate of drug-likeness (QED) is 0.477. The van der Waals surface area contributed by atoms with E-state index >= 15 is 0 Å². The summed E-state index contributed by atoms with van der Waals surface area (Å²) in [4.78, 5) is 13.2. The molecule has 0 aromatic heterocycles. The number of halogens is 2. The van der Waals surface area contributed by atoms with Gasteiger partial charge in [-0.05, 0) is 52.7 Å². The maximum absolute atomic E-state index is 12.8. The molecule has 1 aliphatic rings. The minimum atomic E-state index is -3.74. The fourth-order valence-corrected chi connectivity index (χ4v) is 6.12. The van der Waals surface area contributed by atoms with Gasteiger partial charge in [-0.15, -0.1) is 0 Å². The number of carboxylic acid groups (broad SMARTS) is 1. The third-order valence-electron chi connectivity index (χ3n) is 4.74. The molecule has 0 aliphatic carbocycles. The molecular weight excluding hydrogens is 542 g/mol. The first kappa shape index (κ1) is 23.0. The van der Waals surface area contributed by atoms with E-state index in [1.165, 1.54) is 18.1 Å². The molecule has 0 spiro atoms. The monoisotopic (exact) mass is 561 g/mol. The van der Waals surface area contributed by atoms with Crippen molar-refractivity contribution in [3.8, 4) is 5.75 Å². The summed E-state index contributed by atoms with van der Waals surface area (Å²) in [6.07, 6.45) is -0.660. The van der Waals surface area contributed by atoms with E-state index in [0.29, 0.717) is 33.3 Å². The van der Waals surface area contributed by atoms with Crippen LogP contribution >= 0.6 is 31.9 Å². The molecule has 1 fully saturated rings. The predicted octanol–water partition coefficient (Wildman–Crippen LogP) is 3.41. The number of hydrogen-bond acceptors (Lipinski definition) is 5. The number of sulfonamides is 1. The molecule has 1 amide bonds. The van der Waals surface area contributed by atoms with Crippen molar-refractivity contribution >= 4 is 53.7 Å². The molecule has 0 bridgehead atoms. The Balaban J connectivity index is 1.70. The fraction of sp³-hybridized carbons (Fsp3) is 0.316. The van der Waals surface area contributed by atoms with Crippen molar-refractivity contribution in [3.63, 3.8) is 0 Å². The summed E-state index contributed by atoms with van der Waals surface area (Å²) in [5, 5.41) is 12.9. The molecule has 162 valence electrons. The van der Waals surface area contributed by atoms with Crippen molar-refractivity contribution in [2.75, 3.05) is 25.1 Å². The molecule has 1 saturated heterocycles. The zero-order valence-electron chi connectivity index (χ0n) is 16.0. The topological polar surface area (TPSA) is 108 Å². The van der Waals surface area contributed by atoms with E-state index < -0.39 is 16.1 Å². The standard InChI is InChI=1S/C19H21Br2N3O5S/c1-29-17-5-3-2-4-16(17)24(19(25)26)11-14-9-13(10-22-14)23-30(27,28)18-8-12(20)6-7-15(18)21/h2-8,13-14,22-23H,9-11H2,1H3,(H,25,26)/t13-,14-/m1/s1. The van der Waals surface area contributed by atoms with Gasteiger partial charge in [0.1, 0.15) is 5.75 Å². The van der Waals surface area contributed by atoms with Gasteiger partial charge in [-0.2, -0.15) is 0 Å². The molecule has 2 atom stereocenters. The Morgan fingerprint density at radius 2 is 2.03 bits per heavy atom. The third kappa shape index (κ3) is 5.33. The summed E-state index contributed by atoms with van der Waals surface area (Å²) in [6, 6.07) is 11.2. The second-order valence-electron chi connectivity index (χ2n) is 6.80. The van der Waals surface area contributed by atoms with Crippen LogP contribution in [0.3, 0.4) is 0 Å². The predicted molar refractivity (Wildman–Crippen MR) is 121 cm³/mol. The zero-order valence-corrected chi connectivity index (χ0v) is 20.0. The smallest absolute Gasteiger partial charge is 0.411 e. The molecule has 2 aromatic carbocycles. The molecule has 30 heavy (non-hydrogen) atoms. The highest BCUT2D eigenvalue weighted by atomic mass is 79.9. The fourth-order valence-electron chi connectivity index (χ4n) is 3.37. The van der Waals surface area contributed by atoms with E-state index in [9.17, 15) is 18.3 Å². The van der Waals surface area contributed by atoms with E-state index in [2.05, 4.69) is 41.9 Å².